The molecular weight excluding hydrogens is 238 g/mol. The van der Waals surface area contributed by atoms with Crippen LogP contribution in [0.5, 0.6) is 5.75 Å². The van der Waals surface area contributed by atoms with Crippen LogP contribution in [0, 0.1) is 12.8 Å². The summed E-state index contributed by atoms with van der Waals surface area (Å²) in [6, 6.07) is 6.86. The molecule has 2 atom stereocenters. The molecule has 2 rings (SSSR count). The van der Waals surface area contributed by atoms with E-state index in [0.717, 1.165) is 25.5 Å². The lowest BCUT2D eigenvalue weighted by molar-refractivity contribution is 0.0392. The van der Waals surface area contributed by atoms with Crippen LogP contribution in [0.15, 0.2) is 18.2 Å². The minimum absolute atomic E-state index is 0.384. The van der Waals surface area contributed by atoms with E-state index in [9.17, 15) is 0 Å². The van der Waals surface area contributed by atoms with Crippen molar-refractivity contribution in [2.75, 3.05) is 26.9 Å². The van der Waals surface area contributed by atoms with Crippen LogP contribution in [-0.2, 0) is 4.74 Å². The summed E-state index contributed by atoms with van der Waals surface area (Å²) in [5.41, 5.74) is 2.54. The van der Waals surface area contributed by atoms with Gasteiger partial charge >= 0.3 is 0 Å². The summed E-state index contributed by atoms with van der Waals surface area (Å²) in [6.45, 7) is 7.02. The molecule has 3 nitrogen and oxygen atoms in total. The maximum atomic E-state index is 5.64. The van der Waals surface area contributed by atoms with Crippen LogP contribution in [0.3, 0.4) is 0 Å². The second-order valence-corrected chi connectivity index (χ2v) is 5.24. The van der Waals surface area contributed by atoms with Crippen LogP contribution in [0.2, 0.25) is 0 Å². The van der Waals surface area contributed by atoms with Gasteiger partial charge < -0.3 is 14.8 Å². The van der Waals surface area contributed by atoms with Crippen LogP contribution < -0.4 is 10.1 Å². The molecular formula is C16H25NO2. The lowest BCUT2D eigenvalue weighted by Crippen LogP contribution is -2.33. The van der Waals surface area contributed by atoms with Gasteiger partial charge in [0.15, 0.2) is 0 Å². The van der Waals surface area contributed by atoms with Crippen molar-refractivity contribution >= 4 is 0 Å². The van der Waals surface area contributed by atoms with Gasteiger partial charge in [-0.1, -0.05) is 19.1 Å². The molecule has 2 unspecified atom stereocenters. The van der Waals surface area contributed by atoms with E-state index >= 15 is 0 Å². The summed E-state index contributed by atoms with van der Waals surface area (Å²) in [4.78, 5) is 0. The molecule has 1 aliphatic heterocycles. The van der Waals surface area contributed by atoms with Crippen molar-refractivity contribution in [3.8, 4) is 5.75 Å². The van der Waals surface area contributed by atoms with Gasteiger partial charge in [-0.2, -0.15) is 0 Å². The SMILES string of the molecule is CCNC(c1ccc(OC)c(C)c1)C1CCCOC1. The van der Waals surface area contributed by atoms with Gasteiger partial charge in [-0.3, -0.25) is 0 Å². The highest BCUT2D eigenvalue weighted by Gasteiger charge is 2.25. The highest BCUT2D eigenvalue weighted by atomic mass is 16.5. The van der Waals surface area contributed by atoms with E-state index in [1.54, 1.807) is 7.11 Å². The summed E-state index contributed by atoms with van der Waals surface area (Å²) >= 11 is 0. The first kappa shape index (κ1) is 14.4. The second kappa shape index (κ2) is 6.92. The lowest BCUT2D eigenvalue weighted by Gasteiger charge is -2.31. The maximum absolute atomic E-state index is 5.64. The molecule has 0 spiro atoms. The number of ether oxygens (including phenoxy) is 2. The molecule has 1 saturated heterocycles. The number of hydrogen-bond donors (Lipinski definition) is 1. The lowest BCUT2D eigenvalue weighted by atomic mass is 9.88. The Morgan fingerprint density at radius 1 is 1.47 bits per heavy atom. The zero-order valence-corrected chi connectivity index (χ0v) is 12.2. The molecule has 0 aliphatic carbocycles. The smallest absolute Gasteiger partial charge is 0.121 e. The van der Waals surface area contributed by atoms with Gasteiger partial charge in [0.1, 0.15) is 5.75 Å². The highest BCUT2D eigenvalue weighted by Crippen LogP contribution is 2.31. The zero-order valence-electron chi connectivity index (χ0n) is 12.2. The summed E-state index contributed by atoms with van der Waals surface area (Å²) in [5, 5.41) is 3.61. The molecule has 0 radical (unpaired) electrons. The number of hydrogen-bond acceptors (Lipinski definition) is 3. The number of benzene rings is 1. The Morgan fingerprint density at radius 3 is 2.89 bits per heavy atom. The van der Waals surface area contributed by atoms with Crippen LogP contribution in [0.25, 0.3) is 0 Å². The van der Waals surface area contributed by atoms with E-state index in [1.807, 2.05) is 0 Å². The van der Waals surface area contributed by atoms with Crippen LogP contribution in [-0.4, -0.2) is 26.9 Å². The van der Waals surface area contributed by atoms with E-state index in [1.165, 1.54) is 24.0 Å². The van der Waals surface area contributed by atoms with Gasteiger partial charge in [-0.15, -0.1) is 0 Å². The number of methoxy groups -OCH3 is 1. The fourth-order valence-corrected chi connectivity index (χ4v) is 2.90. The van der Waals surface area contributed by atoms with Gasteiger partial charge in [0.05, 0.1) is 13.7 Å². The Bertz CT molecular complexity index is 400. The first-order valence-corrected chi connectivity index (χ1v) is 7.22. The minimum atomic E-state index is 0.384. The third kappa shape index (κ3) is 3.48. The summed E-state index contributed by atoms with van der Waals surface area (Å²) in [6.07, 6.45) is 2.41. The molecule has 0 saturated carbocycles. The zero-order chi connectivity index (χ0) is 13.7. The average Bonchev–Trinajstić information content (AvgIpc) is 2.45. The predicted molar refractivity (Wildman–Crippen MR) is 77.7 cm³/mol. The van der Waals surface area contributed by atoms with Gasteiger partial charge in [0, 0.05) is 18.6 Å². The molecule has 106 valence electrons. The third-order valence-corrected chi connectivity index (χ3v) is 3.87. The third-order valence-electron chi connectivity index (χ3n) is 3.87. The van der Waals surface area contributed by atoms with Crippen LogP contribution >= 0.6 is 0 Å². The van der Waals surface area contributed by atoms with E-state index in [2.05, 4.69) is 37.4 Å². The van der Waals surface area contributed by atoms with Gasteiger partial charge in [-0.05, 0) is 43.5 Å². The fourth-order valence-electron chi connectivity index (χ4n) is 2.90. The van der Waals surface area contributed by atoms with E-state index < -0.39 is 0 Å². The second-order valence-electron chi connectivity index (χ2n) is 5.24. The normalized spacial score (nSPS) is 21.1. The molecule has 1 aromatic rings. The monoisotopic (exact) mass is 263 g/mol. The Kier molecular flexibility index (Phi) is 5.23. The van der Waals surface area contributed by atoms with Crippen molar-refractivity contribution < 1.29 is 9.47 Å². The van der Waals surface area contributed by atoms with Crippen LogP contribution in [0.4, 0.5) is 0 Å². The average molecular weight is 263 g/mol. The summed E-state index contributed by atoms with van der Waals surface area (Å²) < 4.78 is 11.0. The quantitative estimate of drug-likeness (QED) is 0.885. The molecule has 0 amide bonds. The van der Waals surface area contributed by atoms with E-state index in [0.29, 0.717) is 12.0 Å². The molecule has 1 heterocycles. The van der Waals surface area contributed by atoms with Gasteiger partial charge in [-0.25, -0.2) is 0 Å². The van der Waals surface area contributed by atoms with Crippen molar-refractivity contribution in [1.82, 2.24) is 5.32 Å². The Hall–Kier alpha value is -1.06. The largest absolute Gasteiger partial charge is 0.496 e. The number of nitrogens with one attached hydrogen (secondary N) is 1. The molecule has 1 aromatic carbocycles. The Labute approximate surface area is 116 Å². The highest BCUT2D eigenvalue weighted by molar-refractivity contribution is 5.37. The first-order valence-electron chi connectivity index (χ1n) is 7.22. The van der Waals surface area contributed by atoms with Crippen molar-refractivity contribution in [3.63, 3.8) is 0 Å². The minimum Gasteiger partial charge on any atom is -0.496 e. The van der Waals surface area contributed by atoms with Gasteiger partial charge in [0.25, 0.3) is 0 Å². The van der Waals surface area contributed by atoms with Crippen molar-refractivity contribution in [1.29, 1.82) is 0 Å². The standard InChI is InChI=1S/C16H25NO2/c1-4-17-16(14-6-5-9-19-11-14)13-7-8-15(18-3)12(2)10-13/h7-8,10,14,16-17H,4-6,9,11H2,1-3H3. The first-order chi connectivity index (χ1) is 9.26. The molecule has 0 bridgehead atoms. The molecule has 19 heavy (non-hydrogen) atoms. The Balaban J connectivity index is 2.19. The molecule has 1 fully saturated rings. The number of aryl methyl sites for hydroxylation is 1. The molecule has 1 aliphatic rings. The van der Waals surface area contributed by atoms with Crippen LogP contribution in [0.1, 0.15) is 36.9 Å². The molecule has 3 heteroatoms. The summed E-state index contributed by atoms with van der Waals surface area (Å²) in [5.74, 6) is 1.53. The summed E-state index contributed by atoms with van der Waals surface area (Å²) in [7, 11) is 1.72. The fraction of sp³-hybridized carbons (Fsp3) is 0.625. The van der Waals surface area contributed by atoms with Crippen molar-refractivity contribution in [2.45, 2.75) is 32.7 Å². The van der Waals surface area contributed by atoms with E-state index in [4.69, 9.17) is 9.47 Å². The predicted octanol–water partition coefficient (Wildman–Crippen LogP) is 3.08. The van der Waals surface area contributed by atoms with Crippen molar-refractivity contribution in [2.24, 2.45) is 5.92 Å². The Morgan fingerprint density at radius 2 is 2.32 bits per heavy atom. The maximum Gasteiger partial charge on any atom is 0.121 e. The molecule has 1 N–H and O–H groups in total. The van der Waals surface area contributed by atoms with Gasteiger partial charge in [0.2, 0.25) is 0 Å². The number of rotatable bonds is 5. The van der Waals surface area contributed by atoms with Crippen molar-refractivity contribution in [3.05, 3.63) is 29.3 Å². The molecule has 0 aromatic heterocycles. The topological polar surface area (TPSA) is 30.5 Å². The van der Waals surface area contributed by atoms with E-state index in [-0.39, 0.29) is 0 Å².